The molecule has 2 saturated heterocycles. The number of allylic oxidation sites excluding steroid dienone is 1. The monoisotopic (exact) mass is 705 g/mol. The van der Waals surface area contributed by atoms with Gasteiger partial charge in [0.15, 0.2) is 0 Å². The molecule has 0 aliphatic carbocycles. The lowest BCUT2D eigenvalue weighted by Gasteiger charge is -2.36. The summed E-state index contributed by atoms with van der Waals surface area (Å²) < 4.78 is 11.5. The predicted octanol–water partition coefficient (Wildman–Crippen LogP) is 8.39. The maximum Gasteiger partial charge on any atom is 0.415 e. The van der Waals surface area contributed by atoms with Gasteiger partial charge in [-0.2, -0.15) is 0 Å². The number of anilines is 4. The fourth-order valence-corrected chi connectivity index (χ4v) is 5.58. The first-order chi connectivity index (χ1) is 24.3. The van der Waals surface area contributed by atoms with Crippen LogP contribution in [0.15, 0.2) is 53.4 Å². The summed E-state index contributed by atoms with van der Waals surface area (Å²) in [7, 11) is 1.91. The van der Waals surface area contributed by atoms with Crippen LogP contribution in [0.2, 0.25) is 0 Å². The Bertz CT molecular complexity index is 1510. The van der Waals surface area contributed by atoms with Gasteiger partial charge in [0, 0.05) is 30.5 Å². The van der Waals surface area contributed by atoms with Crippen LogP contribution in [0.1, 0.15) is 85.8 Å². The lowest BCUT2D eigenvalue weighted by molar-refractivity contribution is -0.109. The van der Waals surface area contributed by atoms with E-state index in [0.717, 1.165) is 66.2 Å². The summed E-state index contributed by atoms with van der Waals surface area (Å²) in [4.78, 5) is 38.3. The number of aryl methyl sites for hydroxylation is 1. The molecule has 0 spiro atoms. The van der Waals surface area contributed by atoms with Crippen molar-refractivity contribution in [3.8, 4) is 5.88 Å². The first-order valence-electron chi connectivity index (χ1n) is 18.4. The zero-order valence-corrected chi connectivity index (χ0v) is 33.1. The highest BCUT2D eigenvalue weighted by atomic mass is 16.6. The van der Waals surface area contributed by atoms with Gasteiger partial charge in [0.25, 0.3) is 0 Å². The van der Waals surface area contributed by atoms with E-state index in [-0.39, 0.29) is 0 Å². The fourth-order valence-electron chi connectivity index (χ4n) is 5.58. The fraction of sp³-hybridized carbons (Fsp3) is 0.550. The molecule has 0 radical (unpaired) electrons. The van der Waals surface area contributed by atoms with E-state index in [2.05, 4.69) is 64.9 Å². The number of rotatable bonds is 7. The molecule has 4 heterocycles. The number of amides is 1. The van der Waals surface area contributed by atoms with Gasteiger partial charge < -0.3 is 29.8 Å². The zero-order valence-electron chi connectivity index (χ0n) is 33.1. The number of likely N-dealkylation sites (tertiary alicyclic amines) is 1. The SMILES string of the molecule is C=C(/N=C1/CN(c2cnc3c(c2C)N(C(=O)OC(C)(C)C)CCO3)CC/C1=C/C)Nc1ccc(NC)c(C)c1.CC.CCC.O=CCN1CCC1. The molecule has 0 atom stereocenters. The molecule has 1 aromatic carbocycles. The maximum absolute atomic E-state index is 13.0. The average molecular weight is 706 g/mol. The van der Waals surface area contributed by atoms with Crippen molar-refractivity contribution < 1.29 is 19.1 Å². The molecule has 0 bridgehead atoms. The highest BCUT2D eigenvalue weighted by Gasteiger charge is 2.33. The summed E-state index contributed by atoms with van der Waals surface area (Å²) in [5.74, 6) is 1.03. The largest absolute Gasteiger partial charge is 0.474 e. The Morgan fingerprint density at radius 1 is 1.14 bits per heavy atom. The number of nitrogens with one attached hydrogen (secondary N) is 2. The van der Waals surface area contributed by atoms with Gasteiger partial charge in [-0.3, -0.25) is 9.80 Å². The molecular formula is C40H63N7O4. The van der Waals surface area contributed by atoms with Crippen LogP contribution >= 0.6 is 0 Å². The number of aldehydes is 1. The van der Waals surface area contributed by atoms with Crippen LogP contribution in [0.5, 0.6) is 5.88 Å². The van der Waals surface area contributed by atoms with Crippen LogP contribution in [0, 0.1) is 13.8 Å². The third-order valence-corrected chi connectivity index (χ3v) is 8.07. The second-order valence-electron chi connectivity index (χ2n) is 13.3. The average Bonchev–Trinajstić information content (AvgIpc) is 3.07. The smallest absolute Gasteiger partial charge is 0.415 e. The van der Waals surface area contributed by atoms with Crippen molar-refractivity contribution in [1.29, 1.82) is 0 Å². The van der Waals surface area contributed by atoms with Gasteiger partial charge in [-0.1, -0.05) is 46.8 Å². The predicted molar refractivity (Wildman–Crippen MR) is 214 cm³/mol. The van der Waals surface area contributed by atoms with Crippen molar-refractivity contribution in [2.45, 2.75) is 94.1 Å². The number of hydrogen-bond acceptors (Lipinski definition) is 10. The first-order valence-corrected chi connectivity index (χ1v) is 18.4. The van der Waals surface area contributed by atoms with E-state index in [1.165, 1.54) is 18.4 Å². The molecule has 11 heteroatoms. The molecule has 282 valence electrons. The van der Waals surface area contributed by atoms with Gasteiger partial charge in [-0.15, -0.1) is 0 Å². The second-order valence-corrected chi connectivity index (χ2v) is 13.3. The molecule has 0 unspecified atom stereocenters. The molecule has 2 N–H and O–H groups in total. The van der Waals surface area contributed by atoms with Gasteiger partial charge in [-0.25, -0.2) is 14.8 Å². The molecule has 5 rings (SSSR count). The quantitative estimate of drug-likeness (QED) is 0.275. The van der Waals surface area contributed by atoms with E-state index >= 15 is 0 Å². The van der Waals surface area contributed by atoms with Crippen molar-refractivity contribution in [2.24, 2.45) is 4.99 Å². The summed E-state index contributed by atoms with van der Waals surface area (Å²) >= 11 is 0. The minimum absolute atomic E-state index is 0.371. The van der Waals surface area contributed by atoms with Gasteiger partial charge in [0.1, 0.15) is 30.0 Å². The summed E-state index contributed by atoms with van der Waals surface area (Å²) in [5, 5.41) is 6.51. The molecule has 1 amide bonds. The van der Waals surface area contributed by atoms with Crippen LogP contribution < -0.4 is 25.2 Å². The second kappa shape index (κ2) is 21.1. The molecule has 2 aromatic rings. The van der Waals surface area contributed by atoms with Gasteiger partial charge in [-0.05, 0) is 96.8 Å². The van der Waals surface area contributed by atoms with Crippen molar-refractivity contribution in [1.82, 2.24) is 9.88 Å². The number of pyridine rings is 1. The maximum atomic E-state index is 13.0. The van der Waals surface area contributed by atoms with Gasteiger partial charge in [0.2, 0.25) is 5.88 Å². The highest BCUT2D eigenvalue weighted by molar-refractivity contribution is 6.05. The highest BCUT2D eigenvalue weighted by Crippen LogP contribution is 2.39. The summed E-state index contributed by atoms with van der Waals surface area (Å²) in [6.07, 6.45) is 7.86. The number of aliphatic imine (C=N–C) groups is 1. The number of ether oxygens (including phenoxy) is 2. The third-order valence-electron chi connectivity index (χ3n) is 8.07. The summed E-state index contributed by atoms with van der Waals surface area (Å²) in [6.45, 7) is 29.2. The van der Waals surface area contributed by atoms with Crippen molar-refractivity contribution >= 4 is 40.8 Å². The van der Waals surface area contributed by atoms with Crippen LogP contribution in [-0.4, -0.2) is 86.5 Å². The van der Waals surface area contributed by atoms with Gasteiger partial charge >= 0.3 is 6.09 Å². The van der Waals surface area contributed by atoms with Crippen LogP contribution in [0.3, 0.4) is 0 Å². The molecule has 11 nitrogen and oxygen atoms in total. The zero-order chi connectivity index (χ0) is 38.1. The van der Waals surface area contributed by atoms with E-state index < -0.39 is 11.7 Å². The van der Waals surface area contributed by atoms with E-state index in [0.29, 0.717) is 43.6 Å². The molecule has 0 saturated carbocycles. The standard InChI is InChI=1S/C30H40N6O3.C5H9NO.C3H8.C2H6/c1-9-22-12-13-35(18-25(22)34-21(4)33-23-10-11-24(31-8)19(2)16-23)26-17-32-28-27(20(26)3)36(14-15-38-28)29(37)39-30(5,6)7;7-5-4-6-2-1-3-6;1-3-2;1-2/h9-11,16-17,31,33H,4,12-15,18H2,1-3,5-8H3;5H,1-4H2;3H2,1-2H3;1-2H3/b22-9-,34-25-;;;. The normalized spacial score (nSPS) is 16.8. The van der Waals surface area contributed by atoms with Gasteiger partial charge in [0.05, 0.1) is 37.2 Å². The Hall–Kier alpha value is -4.38. The number of benzene rings is 1. The molecule has 1 aromatic heterocycles. The number of piperidine rings is 1. The van der Waals surface area contributed by atoms with E-state index in [1.807, 2.05) is 73.8 Å². The summed E-state index contributed by atoms with van der Waals surface area (Å²) in [5.41, 5.74) is 7.22. The van der Waals surface area contributed by atoms with E-state index in [9.17, 15) is 9.59 Å². The Labute approximate surface area is 307 Å². The third kappa shape index (κ3) is 12.7. The van der Waals surface area contributed by atoms with E-state index in [4.69, 9.17) is 14.5 Å². The Morgan fingerprint density at radius 3 is 2.35 bits per heavy atom. The van der Waals surface area contributed by atoms with Crippen molar-refractivity contribution in [3.63, 3.8) is 0 Å². The molecular weight excluding hydrogens is 642 g/mol. The molecule has 51 heavy (non-hydrogen) atoms. The van der Waals surface area contributed by atoms with Crippen molar-refractivity contribution in [3.05, 3.63) is 59.6 Å². The summed E-state index contributed by atoms with van der Waals surface area (Å²) in [6, 6.07) is 6.12. The van der Waals surface area contributed by atoms with Crippen molar-refractivity contribution in [2.75, 3.05) is 73.4 Å². The Morgan fingerprint density at radius 2 is 1.82 bits per heavy atom. The molecule has 2 fully saturated rings. The number of fused-ring (bicyclic) bond motifs is 1. The Balaban J connectivity index is 0.000000645. The first kappa shape index (κ1) is 42.8. The number of carbonyl (C=O) groups is 2. The van der Waals surface area contributed by atoms with Crippen LogP contribution in [0.25, 0.3) is 0 Å². The lowest BCUT2D eigenvalue weighted by Crippen LogP contribution is -2.43. The minimum atomic E-state index is -0.598. The van der Waals surface area contributed by atoms with Crippen LogP contribution in [-0.2, 0) is 9.53 Å². The number of carbonyl (C=O) groups excluding carboxylic acids is 2. The van der Waals surface area contributed by atoms with Crippen LogP contribution in [0.4, 0.5) is 27.5 Å². The number of nitrogens with zero attached hydrogens (tertiary/aromatic N) is 5. The lowest BCUT2D eigenvalue weighted by atomic mass is 10.00. The minimum Gasteiger partial charge on any atom is -0.474 e. The topological polar surface area (TPSA) is 112 Å². The van der Waals surface area contributed by atoms with E-state index in [1.54, 1.807) is 4.90 Å². The molecule has 3 aliphatic rings. The number of hydrogen-bond donors (Lipinski definition) is 2. The molecule has 3 aliphatic heterocycles. The Kier molecular flexibility index (Phi) is 17.7. The number of aromatic nitrogens is 1.